The molecule has 1 aliphatic rings. The van der Waals surface area contributed by atoms with Crippen LogP contribution >= 0.6 is 11.6 Å². The molecule has 0 bridgehead atoms. The number of halogens is 1. The largest absolute Gasteiger partial charge is 0.394 e. The maximum atomic E-state index is 9.30. The second-order valence-electron chi connectivity index (χ2n) is 3.91. The van der Waals surface area contributed by atoms with Crippen LogP contribution in [0.15, 0.2) is 12.4 Å². The molecule has 0 aromatic carbocycles. The van der Waals surface area contributed by atoms with E-state index in [1.807, 2.05) is 4.90 Å². The van der Waals surface area contributed by atoms with Crippen molar-refractivity contribution in [1.29, 1.82) is 0 Å². The number of aliphatic hydroxyl groups excluding tert-OH is 1. The van der Waals surface area contributed by atoms with Gasteiger partial charge in [0.25, 0.3) is 0 Å². The van der Waals surface area contributed by atoms with Crippen molar-refractivity contribution in [2.45, 2.75) is 19.4 Å². The molecule has 1 N–H and O–H groups in total. The molecule has 2 rings (SSSR count). The van der Waals surface area contributed by atoms with Crippen molar-refractivity contribution in [3.63, 3.8) is 0 Å². The van der Waals surface area contributed by atoms with Gasteiger partial charge in [0.2, 0.25) is 5.95 Å². The number of aromatic nitrogens is 2. The van der Waals surface area contributed by atoms with Crippen LogP contribution in [0, 0.1) is 5.92 Å². The van der Waals surface area contributed by atoms with Crippen molar-refractivity contribution < 1.29 is 5.11 Å². The Balaban J connectivity index is 2.20. The second-order valence-corrected chi connectivity index (χ2v) is 4.35. The smallest absolute Gasteiger partial charge is 0.225 e. The summed E-state index contributed by atoms with van der Waals surface area (Å²) in [6, 6.07) is 0.131. The molecule has 1 aromatic rings. The summed E-state index contributed by atoms with van der Waals surface area (Å²) in [6.45, 7) is 3.18. The van der Waals surface area contributed by atoms with Gasteiger partial charge in [-0.2, -0.15) is 0 Å². The molecule has 0 aliphatic carbocycles. The zero-order valence-corrected chi connectivity index (χ0v) is 9.35. The fourth-order valence-electron chi connectivity index (χ4n) is 1.99. The Morgan fingerprint density at radius 2 is 2.20 bits per heavy atom. The maximum absolute atomic E-state index is 9.30. The molecule has 2 atom stereocenters. The summed E-state index contributed by atoms with van der Waals surface area (Å²) in [4.78, 5) is 10.4. The Kier molecular flexibility index (Phi) is 3.07. The van der Waals surface area contributed by atoms with Crippen LogP contribution in [0.3, 0.4) is 0 Å². The highest BCUT2D eigenvalue weighted by Gasteiger charge is 2.31. The first-order chi connectivity index (χ1) is 7.22. The molecule has 15 heavy (non-hydrogen) atoms. The Morgan fingerprint density at radius 1 is 1.53 bits per heavy atom. The molecule has 1 aliphatic heterocycles. The van der Waals surface area contributed by atoms with E-state index >= 15 is 0 Å². The summed E-state index contributed by atoms with van der Waals surface area (Å²) in [6.07, 6.45) is 4.24. The minimum Gasteiger partial charge on any atom is -0.394 e. The number of hydrogen-bond acceptors (Lipinski definition) is 4. The normalized spacial score (nSPS) is 25.9. The van der Waals surface area contributed by atoms with Crippen LogP contribution in [-0.2, 0) is 0 Å². The van der Waals surface area contributed by atoms with Gasteiger partial charge in [-0.15, -0.1) is 0 Å². The highest BCUT2D eigenvalue weighted by Crippen LogP contribution is 2.26. The number of rotatable bonds is 2. The van der Waals surface area contributed by atoms with Gasteiger partial charge >= 0.3 is 0 Å². The van der Waals surface area contributed by atoms with Crippen LogP contribution in [0.1, 0.15) is 13.3 Å². The Hall–Kier alpha value is -0.870. The van der Waals surface area contributed by atoms with Gasteiger partial charge in [0.15, 0.2) is 0 Å². The standard InChI is InChI=1S/C10H14ClN3O/c1-7-2-3-14(9(7)6-15)10-12-4-8(11)5-13-10/h4-5,7,9,15H,2-3,6H2,1H3. The first-order valence-electron chi connectivity index (χ1n) is 5.07. The van der Waals surface area contributed by atoms with E-state index in [9.17, 15) is 5.11 Å². The van der Waals surface area contributed by atoms with Gasteiger partial charge in [-0.1, -0.05) is 18.5 Å². The van der Waals surface area contributed by atoms with Crippen molar-refractivity contribution in [1.82, 2.24) is 9.97 Å². The predicted molar refractivity (Wildman–Crippen MR) is 59.0 cm³/mol. The van der Waals surface area contributed by atoms with Crippen molar-refractivity contribution in [2.75, 3.05) is 18.1 Å². The van der Waals surface area contributed by atoms with Crippen molar-refractivity contribution in [2.24, 2.45) is 5.92 Å². The molecule has 0 amide bonds. The average molecular weight is 228 g/mol. The third-order valence-corrected chi connectivity index (χ3v) is 3.13. The Bertz CT molecular complexity index is 330. The molecule has 82 valence electrons. The summed E-state index contributed by atoms with van der Waals surface area (Å²) in [5, 5.41) is 9.83. The fraction of sp³-hybridized carbons (Fsp3) is 0.600. The number of hydrogen-bond donors (Lipinski definition) is 1. The van der Waals surface area contributed by atoms with Gasteiger partial charge in [0.05, 0.1) is 30.1 Å². The van der Waals surface area contributed by atoms with Crippen LogP contribution < -0.4 is 4.90 Å². The number of anilines is 1. The summed E-state index contributed by atoms with van der Waals surface area (Å²) in [5.74, 6) is 1.14. The van der Waals surface area contributed by atoms with E-state index in [0.29, 0.717) is 16.9 Å². The van der Waals surface area contributed by atoms with Crippen molar-refractivity contribution in [3.8, 4) is 0 Å². The van der Waals surface area contributed by atoms with Crippen LogP contribution in [-0.4, -0.2) is 34.3 Å². The van der Waals surface area contributed by atoms with E-state index in [-0.39, 0.29) is 12.6 Å². The third kappa shape index (κ3) is 2.06. The Labute approximate surface area is 93.9 Å². The lowest BCUT2D eigenvalue weighted by molar-refractivity contribution is 0.244. The third-order valence-electron chi connectivity index (χ3n) is 2.93. The first kappa shape index (κ1) is 10.6. The van der Waals surface area contributed by atoms with Crippen LogP contribution in [0.5, 0.6) is 0 Å². The van der Waals surface area contributed by atoms with Gasteiger partial charge in [-0.3, -0.25) is 0 Å². The molecule has 2 heterocycles. The molecule has 1 fully saturated rings. The Morgan fingerprint density at radius 3 is 2.80 bits per heavy atom. The second kappa shape index (κ2) is 4.33. The summed E-state index contributed by atoms with van der Waals surface area (Å²) in [5.41, 5.74) is 0. The van der Waals surface area contributed by atoms with E-state index in [2.05, 4.69) is 16.9 Å². The van der Waals surface area contributed by atoms with E-state index in [0.717, 1.165) is 13.0 Å². The topological polar surface area (TPSA) is 49.2 Å². The first-order valence-corrected chi connectivity index (χ1v) is 5.45. The van der Waals surface area contributed by atoms with Crippen LogP contribution in [0.2, 0.25) is 5.02 Å². The molecular formula is C10H14ClN3O. The van der Waals surface area contributed by atoms with Gasteiger partial charge < -0.3 is 10.0 Å². The molecule has 0 saturated carbocycles. The van der Waals surface area contributed by atoms with E-state index in [1.54, 1.807) is 12.4 Å². The van der Waals surface area contributed by atoms with E-state index < -0.39 is 0 Å². The van der Waals surface area contributed by atoms with Crippen LogP contribution in [0.4, 0.5) is 5.95 Å². The zero-order valence-electron chi connectivity index (χ0n) is 8.60. The maximum Gasteiger partial charge on any atom is 0.225 e. The van der Waals surface area contributed by atoms with Crippen molar-refractivity contribution >= 4 is 17.5 Å². The van der Waals surface area contributed by atoms with Crippen LogP contribution in [0.25, 0.3) is 0 Å². The molecular weight excluding hydrogens is 214 g/mol. The molecule has 1 saturated heterocycles. The van der Waals surface area contributed by atoms with Gasteiger partial charge in [0, 0.05) is 6.54 Å². The highest BCUT2D eigenvalue weighted by atomic mass is 35.5. The monoisotopic (exact) mass is 227 g/mol. The molecule has 0 radical (unpaired) electrons. The summed E-state index contributed by atoms with van der Waals surface area (Å²) in [7, 11) is 0. The number of aliphatic hydroxyl groups is 1. The van der Waals surface area contributed by atoms with E-state index in [1.165, 1.54) is 0 Å². The zero-order chi connectivity index (χ0) is 10.8. The quantitative estimate of drug-likeness (QED) is 0.829. The lowest BCUT2D eigenvalue weighted by atomic mass is 10.0. The lowest BCUT2D eigenvalue weighted by Crippen LogP contribution is -2.36. The summed E-state index contributed by atoms with van der Waals surface area (Å²) >= 11 is 5.72. The minimum atomic E-state index is 0.131. The molecule has 5 heteroatoms. The van der Waals surface area contributed by atoms with Gasteiger partial charge in [0.1, 0.15) is 0 Å². The number of nitrogens with zero attached hydrogens (tertiary/aromatic N) is 3. The van der Waals surface area contributed by atoms with E-state index in [4.69, 9.17) is 11.6 Å². The highest BCUT2D eigenvalue weighted by molar-refractivity contribution is 6.30. The fourth-order valence-corrected chi connectivity index (χ4v) is 2.09. The van der Waals surface area contributed by atoms with Crippen molar-refractivity contribution in [3.05, 3.63) is 17.4 Å². The predicted octanol–water partition coefficient (Wildman–Crippen LogP) is 1.34. The molecule has 4 nitrogen and oxygen atoms in total. The minimum absolute atomic E-state index is 0.131. The molecule has 1 aromatic heterocycles. The van der Waals surface area contributed by atoms with Gasteiger partial charge in [-0.05, 0) is 12.3 Å². The summed E-state index contributed by atoms with van der Waals surface area (Å²) < 4.78 is 0. The van der Waals surface area contributed by atoms with Gasteiger partial charge in [-0.25, -0.2) is 9.97 Å². The average Bonchev–Trinajstić information content (AvgIpc) is 2.61. The molecule has 2 unspecified atom stereocenters. The molecule has 0 spiro atoms. The lowest BCUT2D eigenvalue weighted by Gasteiger charge is -2.24. The SMILES string of the molecule is CC1CCN(c2ncc(Cl)cn2)C1CO.